The Kier molecular flexibility index (Phi) is 5.69. The van der Waals surface area contributed by atoms with E-state index in [0.717, 1.165) is 0 Å². The minimum atomic E-state index is -1.62. The van der Waals surface area contributed by atoms with Gasteiger partial charge in [-0.1, -0.05) is 25.6 Å². The smallest absolute Gasteiger partial charge is 0.358 e. The Labute approximate surface area is 124 Å². The number of carboxylic acid groups (broad SMARTS) is 1. The third-order valence-electron chi connectivity index (χ3n) is 2.28. The third-order valence-corrected chi connectivity index (χ3v) is 3.15. The summed E-state index contributed by atoms with van der Waals surface area (Å²) in [7, 11) is -0.0348. The molecule has 0 aromatic carbocycles. The van der Waals surface area contributed by atoms with Crippen molar-refractivity contribution in [3.05, 3.63) is 11.4 Å². The van der Waals surface area contributed by atoms with E-state index in [1.54, 1.807) is 7.11 Å². The van der Waals surface area contributed by atoms with Gasteiger partial charge in [0.25, 0.3) is 0 Å². The van der Waals surface area contributed by atoms with Gasteiger partial charge in [0.05, 0.1) is 6.61 Å². The molecule has 0 atom stereocenters. The van der Waals surface area contributed by atoms with Crippen molar-refractivity contribution < 1.29 is 14.6 Å². The molecule has 0 amide bonds. The molecule has 1 rings (SSSR count). The van der Waals surface area contributed by atoms with Gasteiger partial charge in [-0.2, -0.15) is 0 Å². The molecule has 1 heterocycles. The number of nitrogens with one attached hydrogen (secondary N) is 1. The minimum Gasteiger partial charge on any atom is -0.476 e. The molecule has 0 aliphatic rings. The molecule has 0 fully saturated rings. The number of methoxy groups -OCH3 is 1. The maximum atomic E-state index is 11.1. The molecule has 7 nitrogen and oxygen atoms in total. The van der Waals surface area contributed by atoms with Gasteiger partial charge in [-0.05, 0) is 0 Å². The van der Waals surface area contributed by atoms with Crippen LogP contribution in [0.2, 0.25) is 19.6 Å². The van der Waals surface area contributed by atoms with Crippen LogP contribution >= 0.6 is 0 Å². The number of aromatic nitrogens is 2. The number of ether oxygens (including phenoxy) is 1. The maximum Gasteiger partial charge on any atom is 0.358 e. The average molecular weight is 308 g/mol. The predicted octanol–water partition coefficient (Wildman–Crippen LogP) is 1.04. The van der Waals surface area contributed by atoms with E-state index in [1.165, 1.54) is 0 Å². The molecule has 0 aliphatic carbocycles. The zero-order valence-corrected chi connectivity index (χ0v) is 13.6. The molecule has 0 unspecified atom stereocenters. The topological polar surface area (TPSA) is 110 Å². The molecule has 8 heteroatoms. The van der Waals surface area contributed by atoms with Crippen LogP contribution in [0.3, 0.4) is 0 Å². The summed E-state index contributed by atoms with van der Waals surface area (Å²) in [6.45, 7) is 7.23. The van der Waals surface area contributed by atoms with Gasteiger partial charge in [-0.25, -0.2) is 14.8 Å². The highest BCUT2D eigenvalue weighted by Gasteiger charge is 2.16. The van der Waals surface area contributed by atoms with Crippen LogP contribution < -0.4 is 11.1 Å². The lowest BCUT2D eigenvalue weighted by molar-refractivity contribution is 0.0691. The van der Waals surface area contributed by atoms with Crippen LogP contribution in [0, 0.1) is 11.5 Å². The highest BCUT2D eigenvalue weighted by Crippen LogP contribution is 2.15. The normalized spacial score (nSPS) is 10.7. The van der Waals surface area contributed by atoms with Crippen LogP contribution in [-0.2, 0) is 4.74 Å². The van der Waals surface area contributed by atoms with E-state index >= 15 is 0 Å². The predicted molar refractivity (Wildman–Crippen MR) is 84.0 cm³/mol. The van der Waals surface area contributed by atoms with Crippen LogP contribution in [-0.4, -0.2) is 49.4 Å². The summed E-state index contributed by atoms with van der Waals surface area (Å²) in [5.41, 5.74) is 8.75. The fraction of sp³-hybridized carbons (Fsp3) is 0.462. The third kappa shape index (κ3) is 5.41. The van der Waals surface area contributed by atoms with Crippen molar-refractivity contribution >= 4 is 25.7 Å². The number of rotatable bonds is 5. The van der Waals surface area contributed by atoms with Crippen molar-refractivity contribution in [2.45, 2.75) is 19.6 Å². The first-order chi connectivity index (χ1) is 9.74. The van der Waals surface area contributed by atoms with Crippen molar-refractivity contribution in [2.75, 3.05) is 31.3 Å². The Balaban J connectivity index is 3.23. The molecule has 0 spiro atoms. The molecular weight excluding hydrogens is 288 g/mol. The number of carboxylic acids is 1. The van der Waals surface area contributed by atoms with E-state index in [1.807, 2.05) is 0 Å². The highest BCUT2D eigenvalue weighted by molar-refractivity contribution is 6.83. The first-order valence-corrected chi connectivity index (χ1v) is 9.91. The number of carbonyl (C=O) groups is 1. The van der Waals surface area contributed by atoms with Crippen molar-refractivity contribution in [1.29, 1.82) is 0 Å². The van der Waals surface area contributed by atoms with Gasteiger partial charge in [-0.15, -0.1) is 5.54 Å². The molecule has 1 aromatic rings. The van der Waals surface area contributed by atoms with E-state index in [4.69, 9.17) is 15.6 Å². The maximum absolute atomic E-state index is 11.1. The Bertz CT molecular complexity index is 588. The molecule has 0 saturated heterocycles. The van der Waals surface area contributed by atoms with E-state index in [0.29, 0.717) is 24.7 Å². The molecule has 114 valence electrons. The first-order valence-electron chi connectivity index (χ1n) is 6.41. The van der Waals surface area contributed by atoms with Crippen LogP contribution in [0.1, 0.15) is 16.2 Å². The van der Waals surface area contributed by atoms with Crippen molar-refractivity contribution in [3.63, 3.8) is 0 Å². The molecule has 4 N–H and O–H groups in total. The number of hydrogen-bond donors (Lipinski definition) is 3. The van der Waals surface area contributed by atoms with Crippen molar-refractivity contribution in [3.8, 4) is 11.5 Å². The largest absolute Gasteiger partial charge is 0.476 e. The summed E-state index contributed by atoms with van der Waals surface area (Å²) in [5.74, 6) is 1.93. The second kappa shape index (κ2) is 7.06. The second-order valence-corrected chi connectivity index (χ2v) is 10.1. The monoisotopic (exact) mass is 308 g/mol. The number of nitrogens with zero attached hydrogens (tertiary/aromatic N) is 2. The van der Waals surface area contributed by atoms with Crippen LogP contribution in [0.4, 0.5) is 11.6 Å². The van der Waals surface area contributed by atoms with Gasteiger partial charge in [0.2, 0.25) is 0 Å². The Hall–Kier alpha value is -2.11. The number of nitrogens with two attached hydrogens (primary N) is 1. The minimum absolute atomic E-state index is 0.138. The van der Waals surface area contributed by atoms with Gasteiger partial charge in [-0.3, -0.25) is 0 Å². The number of anilines is 2. The lowest BCUT2D eigenvalue weighted by Gasteiger charge is -2.10. The Morgan fingerprint density at radius 2 is 2.10 bits per heavy atom. The molecule has 0 radical (unpaired) electrons. The van der Waals surface area contributed by atoms with E-state index in [9.17, 15) is 4.79 Å². The fourth-order valence-electron chi connectivity index (χ4n) is 1.33. The number of nitrogen functional groups attached to an aromatic ring is 1. The highest BCUT2D eigenvalue weighted by atomic mass is 28.3. The summed E-state index contributed by atoms with van der Waals surface area (Å²) in [6, 6.07) is 0. The quantitative estimate of drug-likeness (QED) is 0.423. The second-order valence-electron chi connectivity index (χ2n) is 5.38. The zero-order valence-electron chi connectivity index (χ0n) is 12.6. The zero-order chi connectivity index (χ0) is 16.0. The SMILES string of the molecule is COCCNc1nc(N)c(C(=O)O)nc1C#C[Si](C)(C)C. The molecular formula is C13H20N4O3Si. The van der Waals surface area contributed by atoms with Crippen LogP contribution in [0.25, 0.3) is 0 Å². The standard InChI is InChI=1S/C13H20N4O3Si/c1-20-7-6-15-12-9(5-8-21(2,3)4)16-10(13(18)19)11(14)17-12/h6-7H2,1-4H3,(H,18,19)(H3,14,15,17). The van der Waals surface area contributed by atoms with Crippen LogP contribution in [0.15, 0.2) is 0 Å². The lowest BCUT2D eigenvalue weighted by Crippen LogP contribution is -2.18. The number of hydrogen-bond acceptors (Lipinski definition) is 6. The van der Waals surface area contributed by atoms with E-state index < -0.39 is 14.0 Å². The van der Waals surface area contributed by atoms with E-state index in [2.05, 4.69) is 46.4 Å². The van der Waals surface area contributed by atoms with Gasteiger partial charge in [0.15, 0.2) is 23.0 Å². The molecule has 1 aromatic heterocycles. The van der Waals surface area contributed by atoms with Crippen LogP contribution in [0.5, 0.6) is 0 Å². The summed E-state index contributed by atoms with van der Waals surface area (Å²) >= 11 is 0. The lowest BCUT2D eigenvalue weighted by atomic mass is 10.3. The fourth-order valence-corrected chi connectivity index (χ4v) is 1.83. The van der Waals surface area contributed by atoms with Gasteiger partial charge < -0.3 is 20.9 Å². The van der Waals surface area contributed by atoms with Gasteiger partial charge in [0.1, 0.15) is 8.07 Å². The Morgan fingerprint density at radius 1 is 1.43 bits per heavy atom. The van der Waals surface area contributed by atoms with Gasteiger partial charge in [0, 0.05) is 13.7 Å². The van der Waals surface area contributed by atoms with Crippen molar-refractivity contribution in [1.82, 2.24) is 9.97 Å². The summed E-state index contributed by atoms with van der Waals surface area (Å²) in [5, 5.41) is 12.1. The molecule has 0 saturated carbocycles. The summed E-state index contributed by atoms with van der Waals surface area (Å²) in [4.78, 5) is 19.1. The molecule has 0 bridgehead atoms. The van der Waals surface area contributed by atoms with Gasteiger partial charge >= 0.3 is 5.97 Å². The first kappa shape index (κ1) is 16.9. The van der Waals surface area contributed by atoms with Crippen molar-refractivity contribution in [2.24, 2.45) is 0 Å². The molecule has 21 heavy (non-hydrogen) atoms. The molecule has 0 aliphatic heterocycles. The average Bonchev–Trinajstić information content (AvgIpc) is 2.36. The number of aromatic carboxylic acids is 1. The summed E-state index contributed by atoms with van der Waals surface area (Å²) in [6.07, 6.45) is 0. The van der Waals surface area contributed by atoms with E-state index in [-0.39, 0.29) is 11.5 Å². The summed E-state index contributed by atoms with van der Waals surface area (Å²) < 4.78 is 4.94. The Morgan fingerprint density at radius 3 is 2.62 bits per heavy atom.